The minimum atomic E-state index is -6.43. The Kier molecular flexibility index (Phi) is 4.70. The molecule has 0 aliphatic carbocycles. The van der Waals surface area contributed by atoms with Crippen molar-refractivity contribution in [3.8, 4) is 12.3 Å². The number of fused-ring (bicyclic) bond motifs is 1. The van der Waals surface area contributed by atoms with Crippen molar-refractivity contribution in [3.63, 3.8) is 0 Å². The molecule has 0 spiro atoms. The largest absolute Gasteiger partial charge is 0.462 e. The van der Waals surface area contributed by atoms with E-state index in [-0.39, 0.29) is 12.1 Å². The normalized spacial score (nSPS) is 13.4. The Morgan fingerprint density at radius 2 is 1.76 bits per heavy atom. The standard InChI is InChI=1S/C15H10F7N3/c1-2-7-25-9-10(11-5-3-4-6-12(11)25)8-23-24-15(21,22)13(16,17)14(18,19)20/h1,3-6,8-9,24H,7H2/b23-8-. The summed E-state index contributed by atoms with van der Waals surface area (Å²) in [6.07, 6.45) is 0.902. The average Bonchev–Trinajstić information content (AvgIpc) is 2.85. The van der Waals surface area contributed by atoms with Gasteiger partial charge in [-0.15, -0.1) is 6.42 Å². The monoisotopic (exact) mass is 365 g/mol. The lowest BCUT2D eigenvalue weighted by molar-refractivity contribution is -0.361. The summed E-state index contributed by atoms with van der Waals surface area (Å²) in [6, 6.07) is 0.960. The van der Waals surface area contributed by atoms with E-state index in [9.17, 15) is 30.7 Å². The molecule has 0 aliphatic rings. The van der Waals surface area contributed by atoms with Gasteiger partial charge in [0.25, 0.3) is 0 Å². The molecule has 0 radical (unpaired) electrons. The number of aromatic nitrogens is 1. The third-order valence-electron chi connectivity index (χ3n) is 3.24. The molecule has 3 nitrogen and oxygen atoms in total. The first-order valence-corrected chi connectivity index (χ1v) is 6.65. The van der Waals surface area contributed by atoms with Crippen LogP contribution in [0.1, 0.15) is 5.56 Å². The van der Waals surface area contributed by atoms with Gasteiger partial charge in [-0.3, -0.25) is 0 Å². The highest BCUT2D eigenvalue weighted by Gasteiger charge is 2.73. The van der Waals surface area contributed by atoms with Gasteiger partial charge in [0.15, 0.2) is 0 Å². The second-order valence-electron chi connectivity index (χ2n) is 4.95. The van der Waals surface area contributed by atoms with Gasteiger partial charge in [0, 0.05) is 22.7 Å². The molecule has 0 fully saturated rings. The molecule has 0 unspecified atom stereocenters. The molecule has 0 saturated carbocycles. The van der Waals surface area contributed by atoms with Crippen molar-refractivity contribution in [3.05, 3.63) is 36.0 Å². The van der Waals surface area contributed by atoms with Crippen molar-refractivity contribution in [2.24, 2.45) is 5.10 Å². The number of rotatable bonds is 5. The third kappa shape index (κ3) is 3.40. The lowest BCUT2D eigenvalue weighted by Gasteiger charge is -2.27. The fourth-order valence-electron chi connectivity index (χ4n) is 2.04. The second kappa shape index (κ2) is 6.31. The molecule has 1 aromatic heterocycles. The van der Waals surface area contributed by atoms with Crippen molar-refractivity contribution < 1.29 is 30.7 Å². The number of nitrogens with one attached hydrogen (secondary N) is 1. The summed E-state index contributed by atoms with van der Waals surface area (Å²) >= 11 is 0. The number of alkyl halides is 7. The van der Waals surface area contributed by atoms with Crippen LogP contribution < -0.4 is 5.43 Å². The lowest BCUT2D eigenvalue weighted by atomic mass is 10.2. The molecular formula is C15H10F7N3. The third-order valence-corrected chi connectivity index (χ3v) is 3.24. The predicted molar refractivity (Wildman–Crippen MR) is 77.4 cm³/mol. The van der Waals surface area contributed by atoms with E-state index in [0.717, 1.165) is 6.21 Å². The highest BCUT2D eigenvalue weighted by Crippen LogP contribution is 2.44. The van der Waals surface area contributed by atoms with E-state index in [0.29, 0.717) is 16.3 Å². The van der Waals surface area contributed by atoms with Crippen LogP contribution in [0.3, 0.4) is 0 Å². The van der Waals surface area contributed by atoms with Crippen molar-refractivity contribution in [2.45, 2.75) is 24.7 Å². The molecule has 0 amide bonds. The fraction of sp³-hybridized carbons (Fsp3) is 0.267. The van der Waals surface area contributed by atoms with Crippen molar-refractivity contribution in [1.82, 2.24) is 9.99 Å². The number of terminal acetylenes is 1. The highest BCUT2D eigenvalue weighted by atomic mass is 19.4. The zero-order valence-corrected chi connectivity index (χ0v) is 12.3. The number of hydrogen-bond acceptors (Lipinski definition) is 2. The summed E-state index contributed by atoms with van der Waals surface area (Å²) in [5, 5.41) is 3.36. The molecule has 1 heterocycles. The van der Waals surface area contributed by atoms with E-state index < -0.39 is 18.1 Å². The van der Waals surface area contributed by atoms with Crippen molar-refractivity contribution >= 4 is 17.1 Å². The Balaban J connectivity index is 2.29. The van der Waals surface area contributed by atoms with Gasteiger partial charge in [0.1, 0.15) is 0 Å². The van der Waals surface area contributed by atoms with E-state index in [1.807, 2.05) is 0 Å². The van der Waals surface area contributed by atoms with Crippen molar-refractivity contribution in [1.29, 1.82) is 0 Å². The Bertz CT molecular complexity index is 828. The summed E-state index contributed by atoms with van der Waals surface area (Å²) in [5.74, 6) is -3.92. The first-order valence-electron chi connectivity index (χ1n) is 6.65. The molecule has 2 aromatic rings. The SMILES string of the molecule is C#CCn1cc(/C=N\NC(F)(F)C(F)(F)C(F)(F)F)c2ccccc21. The predicted octanol–water partition coefficient (Wildman–Crippen LogP) is 3.99. The Hall–Kier alpha value is -2.70. The Morgan fingerprint density at radius 3 is 2.36 bits per heavy atom. The van der Waals surface area contributed by atoms with E-state index in [1.165, 1.54) is 6.20 Å². The van der Waals surface area contributed by atoms with Crippen LogP contribution in [0.5, 0.6) is 0 Å². The molecule has 1 aromatic carbocycles. The van der Waals surface area contributed by atoms with Crippen LogP contribution in [-0.2, 0) is 6.54 Å². The minimum Gasteiger partial charge on any atom is -0.335 e. The molecule has 25 heavy (non-hydrogen) atoms. The van der Waals surface area contributed by atoms with Gasteiger partial charge in [0.2, 0.25) is 0 Å². The molecule has 0 saturated heterocycles. The van der Waals surface area contributed by atoms with Crippen LogP contribution in [0.25, 0.3) is 10.9 Å². The molecule has 1 N–H and O–H groups in total. The summed E-state index contributed by atoms with van der Waals surface area (Å²) < 4.78 is 89.4. The number of halogens is 7. The molecule has 10 heteroatoms. The molecule has 0 aliphatic heterocycles. The van der Waals surface area contributed by atoms with Crippen molar-refractivity contribution in [2.75, 3.05) is 0 Å². The van der Waals surface area contributed by atoms with E-state index in [1.54, 1.807) is 28.8 Å². The number of hydrazone groups is 1. The minimum absolute atomic E-state index is 0.143. The molecule has 0 atom stereocenters. The van der Waals surface area contributed by atoms with Crippen LogP contribution in [0.2, 0.25) is 0 Å². The van der Waals surface area contributed by atoms with Gasteiger partial charge >= 0.3 is 18.1 Å². The van der Waals surface area contributed by atoms with E-state index >= 15 is 0 Å². The van der Waals surface area contributed by atoms with Crippen LogP contribution in [-0.4, -0.2) is 28.9 Å². The van der Waals surface area contributed by atoms with Gasteiger partial charge in [-0.2, -0.15) is 35.8 Å². The van der Waals surface area contributed by atoms with Gasteiger partial charge in [-0.1, -0.05) is 24.1 Å². The maximum atomic E-state index is 13.1. The maximum Gasteiger partial charge on any atom is 0.462 e. The summed E-state index contributed by atoms with van der Waals surface area (Å²) in [4.78, 5) is 0. The topological polar surface area (TPSA) is 29.3 Å². The Morgan fingerprint density at radius 1 is 1.12 bits per heavy atom. The van der Waals surface area contributed by atoms with Crippen LogP contribution >= 0.6 is 0 Å². The molecular weight excluding hydrogens is 355 g/mol. The smallest absolute Gasteiger partial charge is 0.335 e. The first kappa shape index (κ1) is 18.6. The number of nitrogens with zero attached hydrogens (tertiary/aromatic N) is 2. The van der Waals surface area contributed by atoms with Crippen LogP contribution in [0, 0.1) is 12.3 Å². The summed E-state index contributed by atoms with van der Waals surface area (Å²) in [5.41, 5.74) is 1.41. The van der Waals surface area contributed by atoms with Gasteiger partial charge < -0.3 is 4.57 Å². The highest BCUT2D eigenvalue weighted by molar-refractivity contribution is 5.99. The number of benzene rings is 1. The zero-order valence-electron chi connectivity index (χ0n) is 12.3. The zero-order chi connectivity index (χ0) is 18.9. The van der Waals surface area contributed by atoms with E-state index in [2.05, 4.69) is 11.0 Å². The average molecular weight is 365 g/mol. The summed E-state index contributed by atoms with van der Waals surface area (Å²) in [6.45, 7) is 0.143. The summed E-state index contributed by atoms with van der Waals surface area (Å²) in [7, 11) is 0. The lowest BCUT2D eigenvalue weighted by Crippen LogP contribution is -2.58. The van der Waals surface area contributed by atoms with Gasteiger partial charge in [-0.05, 0) is 6.07 Å². The molecule has 0 bridgehead atoms. The molecule has 2 rings (SSSR count). The van der Waals surface area contributed by atoms with Crippen LogP contribution in [0.15, 0.2) is 35.6 Å². The number of para-hydroxylation sites is 1. The maximum absolute atomic E-state index is 13.1. The van der Waals surface area contributed by atoms with Gasteiger partial charge in [0.05, 0.1) is 12.8 Å². The number of hydrogen-bond donors (Lipinski definition) is 1. The molecule has 134 valence electrons. The van der Waals surface area contributed by atoms with Gasteiger partial charge in [-0.25, -0.2) is 5.43 Å². The fourth-order valence-corrected chi connectivity index (χ4v) is 2.04. The van der Waals surface area contributed by atoms with Crippen LogP contribution in [0.4, 0.5) is 30.7 Å². The quantitative estimate of drug-likeness (QED) is 0.281. The second-order valence-corrected chi connectivity index (χ2v) is 4.95. The first-order chi connectivity index (χ1) is 11.5. The Labute approximate surface area is 137 Å². The van der Waals surface area contributed by atoms with E-state index in [4.69, 9.17) is 6.42 Å².